The van der Waals surface area contributed by atoms with E-state index >= 15 is 0 Å². The smallest absolute Gasteiger partial charge is 0.179 e. The van der Waals surface area contributed by atoms with Crippen molar-refractivity contribution in [2.24, 2.45) is 0 Å². The first-order chi connectivity index (χ1) is 15.3. The van der Waals surface area contributed by atoms with Crippen LogP contribution in [0.15, 0.2) is 28.6 Å². The summed E-state index contributed by atoms with van der Waals surface area (Å²) in [5.74, 6) is 0. The van der Waals surface area contributed by atoms with Gasteiger partial charge in [0.05, 0.1) is 12.3 Å². The summed E-state index contributed by atoms with van der Waals surface area (Å²) < 4.78 is 8.12. The summed E-state index contributed by atoms with van der Waals surface area (Å²) in [4.78, 5) is 0. The van der Waals surface area contributed by atoms with E-state index in [1.807, 2.05) is 44.4 Å². The predicted molar refractivity (Wildman–Crippen MR) is 121 cm³/mol. The van der Waals surface area contributed by atoms with Gasteiger partial charge in [-0.05, 0) is 25.7 Å². The molecule has 1 aromatic carbocycles. The van der Waals surface area contributed by atoms with Gasteiger partial charge in [0.1, 0.15) is 29.4 Å². The number of thioether (sulfide) groups is 1. The van der Waals surface area contributed by atoms with Crippen molar-refractivity contribution in [3.8, 4) is 10.6 Å². The molecule has 0 unspecified atom stereocenters. The maximum Gasteiger partial charge on any atom is 0.179 e. The van der Waals surface area contributed by atoms with Crippen LogP contribution in [0.3, 0.4) is 0 Å². The molecule has 172 valence electrons. The highest BCUT2D eigenvalue weighted by Crippen LogP contribution is 2.32. The van der Waals surface area contributed by atoms with E-state index in [2.05, 4.69) is 15.3 Å². The van der Waals surface area contributed by atoms with E-state index in [0.717, 1.165) is 37.4 Å². The maximum atomic E-state index is 10.5. The fraction of sp³-hybridized carbons (Fsp3) is 0.476. The van der Waals surface area contributed by atoms with E-state index in [0.29, 0.717) is 6.42 Å². The van der Waals surface area contributed by atoms with Crippen LogP contribution in [0, 0.1) is 13.8 Å². The highest BCUT2D eigenvalue weighted by molar-refractivity contribution is 8.00. The fourth-order valence-corrected chi connectivity index (χ4v) is 5.14. The number of nitrogens with zero attached hydrogens (tertiary/aromatic N) is 4. The van der Waals surface area contributed by atoms with Crippen LogP contribution in [-0.2, 0) is 11.2 Å². The average Bonchev–Trinajstić information content (AvgIpc) is 3.39. The summed E-state index contributed by atoms with van der Waals surface area (Å²) in [7, 11) is 0. The van der Waals surface area contributed by atoms with Gasteiger partial charge < -0.3 is 25.2 Å². The lowest BCUT2D eigenvalue weighted by atomic mass is 9.98. The standard InChI is InChI=1S/C21H26N4O5S2/c1-10-14(8-12-4-6-13(7-5-12)19-22-23-21(31-3)32-19)11(2)25(24-10)20-18(29)17(28)16(27)15(9-26)30-20/h4-7,15-18,20,26-29H,8-9H2,1-3H3/t15-,16-,17+,18-,20-/m1/s1. The summed E-state index contributed by atoms with van der Waals surface area (Å²) >= 11 is 3.13. The first-order valence-corrected chi connectivity index (χ1v) is 12.2. The number of hydrogen-bond donors (Lipinski definition) is 4. The number of ether oxygens (including phenoxy) is 1. The number of aliphatic hydroxyl groups is 4. The van der Waals surface area contributed by atoms with Crippen LogP contribution in [0.25, 0.3) is 10.6 Å². The number of aryl methyl sites for hydroxylation is 1. The van der Waals surface area contributed by atoms with Crippen molar-refractivity contribution in [3.63, 3.8) is 0 Å². The number of aliphatic hydroxyl groups excluding tert-OH is 4. The van der Waals surface area contributed by atoms with E-state index in [-0.39, 0.29) is 0 Å². The Morgan fingerprint density at radius 2 is 1.78 bits per heavy atom. The fourth-order valence-electron chi connectivity index (χ4n) is 3.86. The first-order valence-electron chi connectivity index (χ1n) is 10.2. The molecule has 4 rings (SSSR count). The van der Waals surface area contributed by atoms with Gasteiger partial charge in [-0.2, -0.15) is 5.10 Å². The maximum absolute atomic E-state index is 10.5. The Morgan fingerprint density at radius 1 is 1.06 bits per heavy atom. The molecule has 0 amide bonds. The minimum absolute atomic E-state index is 0.479. The molecule has 0 aliphatic carbocycles. The molecule has 3 aromatic rings. The highest BCUT2D eigenvalue weighted by Gasteiger charge is 2.45. The van der Waals surface area contributed by atoms with E-state index < -0.39 is 37.3 Å². The Kier molecular flexibility index (Phi) is 6.96. The zero-order chi connectivity index (χ0) is 23.0. The Morgan fingerprint density at radius 3 is 2.41 bits per heavy atom. The number of rotatable bonds is 6. The lowest BCUT2D eigenvalue weighted by Crippen LogP contribution is -2.56. The molecule has 0 saturated carbocycles. The van der Waals surface area contributed by atoms with Crippen LogP contribution in [0.1, 0.15) is 28.7 Å². The third kappa shape index (κ3) is 4.34. The largest absolute Gasteiger partial charge is 0.394 e. The van der Waals surface area contributed by atoms with Crippen LogP contribution in [0.5, 0.6) is 0 Å². The molecule has 9 nitrogen and oxygen atoms in total. The summed E-state index contributed by atoms with van der Waals surface area (Å²) in [6.45, 7) is 3.27. The molecule has 5 atom stereocenters. The average molecular weight is 479 g/mol. The summed E-state index contributed by atoms with van der Waals surface area (Å²) in [6.07, 6.45) is -3.62. The zero-order valence-electron chi connectivity index (χ0n) is 17.9. The van der Waals surface area contributed by atoms with Crippen LogP contribution in [0.4, 0.5) is 0 Å². The molecule has 32 heavy (non-hydrogen) atoms. The van der Waals surface area contributed by atoms with Gasteiger partial charge in [-0.1, -0.05) is 47.4 Å². The Balaban J connectivity index is 1.55. The number of aromatic nitrogens is 4. The first kappa shape index (κ1) is 23.3. The van der Waals surface area contributed by atoms with Gasteiger partial charge in [0.25, 0.3) is 0 Å². The zero-order valence-corrected chi connectivity index (χ0v) is 19.5. The quantitative estimate of drug-likeness (QED) is 0.387. The van der Waals surface area contributed by atoms with Gasteiger partial charge in [-0.25, -0.2) is 4.68 Å². The highest BCUT2D eigenvalue weighted by atomic mass is 32.2. The molecule has 0 bridgehead atoms. The molecular formula is C21H26N4O5S2. The van der Waals surface area contributed by atoms with Crippen molar-refractivity contribution in [2.45, 2.75) is 55.3 Å². The second-order valence-corrected chi connectivity index (χ2v) is 9.80. The van der Waals surface area contributed by atoms with E-state index in [9.17, 15) is 20.4 Å². The van der Waals surface area contributed by atoms with Crippen LogP contribution >= 0.6 is 23.1 Å². The predicted octanol–water partition coefficient (Wildman–Crippen LogP) is 1.30. The Labute approximate surface area is 193 Å². The number of hydrogen-bond acceptors (Lipinski definition) is 10. The second-order valence-electron chi connectivity index (χ2n) is 7.76. The van der Waals surface area contributed by atoms with E-state index in [1.54, 1.807) is 23.1 Å². The van der Waals surface area contributed by atoms with Crippen molar-refractivity contribution in [2.75, 3.05) is 12.9 Å². The molecule has 3 heterocycles. The van der Waals surface area contributed by atoms with Crippen molar-refractivity contribution >= 4 is 23.1 Å². The molecule has 1 saturated heterocycles. The lowest BCUT2D eigenvalue weighted by Gasteiger charge is -2.40. The van der Waals surface area contributed by atoms with Crippen LogP contribution in [-0.4, -0.2) is 77.7 Å². The molecule has 0 spiro atoms. The van der Waals surface area contributed by atoms with Crippen molar-refractivity contribution in [1.82, 2.24) is 20.0 Å². The SMILES string of the molecule is CSc1nnc(-c2ccc(Cc3c(C)nn([C@@H]4O[C@H](CO)[C@@H](O)[C@H](O)[C@H]4O)c3C)cc2)s1. The molecule has 4 N–H and O–H groups in total. The summed E-state index contributed by atoms with van der Waals surface area (Å²) in [6, 6.07) is 8.12. The molecular weight excluding hydrogens is 452 g/mol. The van der Waals surface area contributed by atoms with Crippen molar-refractivity contribution in [1.29, 1.82) is 0 Å². The van der Waals surface area contributed by atoms with Gasteiger partial charge >= 0.3 is 0 Å². The van der Waals surface area contributed by atoms with Crippen LogP contribution < -0.4 is 0 Å². The normalized spacial score (nSPS) is 25.9. The van der Waals surface area contributed by atoms with Gasteiger partial charge in [0.15, 0.2) is 10.6 Å². The Hall–Kier alpha value is -1.86. The van der Waals surface area contributed by atoms with Gasteiger partial charge in [0, 0.05) is 23.2 Å². The van der Waals surface area contributed by atoms with Crippen LogP contribution in [0.2, 0.25) is 0 Å². The van der Waals surface area contributed by atoms with Gasteiger partial charge in [-0.15, -0.1) is 10.2 Å². The third-order valence-corrected chi connectivity index (χ3v) is 7.69. The third-order valence-electron chi connectivity index (χ3n) is 5.75. The minimum atomic E-state index is -1.45. The second kappa shape index (κ2) is 9.56. The molecule has 0 radical (unpaired) electrons. The Bertz CT molecular complexity index is 1070. The van der Waals surface area contributed by atoms with Crippen molar-refractivity contribution < 1.29 is 25.2 Å². The topological polar surface area (TPSA) is 134 Å². The van der Waals surface area contributed by atoms with Gasteiger partial charge in [0.2, 0.25) is 0 Å². The molecule has 1 fully saturated rings. The molecule has 1 aliphatic heterocycles. The molecule has 1 aliphatic rings. The molecule has 11 heteroatoms. The van der Waals surface area contributed by atoms with E-state index in [1.165, 1.54) is 4.68 Å². The number of benzene rings is 1. The van der Waals surface area contributed by atoms with Gasteiger partial charge in [-0.3, -0.25) is 0 Å². The van der Waals surface area contributed by atoms with Crippen molar-refractivity contribution in [3.05, 3.63) is 46.8 Å². The monoisotopic (exact) mass is 478 g/mol. The van der Waals surface area contributed by atoms with E-state index in [4.69, 9.17) is 4.74 Å². The summed E-state index contributed by atoms with van der Waals surface area (Å²) in [5.41, 5.74) is 4.64. The summed E-state index contributed by atoms with van der Waals surface area (Å²) in [5, 5.41) is 53.8. The minimum Gasteiger partial charge on any atom is -0.394 e. The lowest BCUT2D eigenvalue weighted by molar-refractivity contribution is -0.254. The molecule has 2 aromatic heterocycles.